The minimum atomic E-state index is 0.252. The predicted molar refractivity (Wildman–Crippen MR) is 105 cm³/mol. The highest BCUT2D eigenvalue weighted by Crippen LogP contribution is 2.18. The van der Waals surface area contributed by atoms with Crippen molar-refractivity contribution in [2.24, 2.45) is 4.99 Å². The van der Waals surface area contributed by atoms with Crippen molar-refractivity contribution in [1.82, 2.24) is 15.2 Å². The molecule has 26 heavy (non-hydrogen) atoms. The summed E-state index contributed by atoms with van der Waals surface area (Å²) in [7, 11) is 2.08. The molecule has 0 aliphatic carbocycles. The quantitative estimate of drug-likeness (QED) is 0.566. The molecule has 0 radical (unpaired) electrons. The number of likely N-dealkylation sites (N-methyl/N-ethyl adjacent to an activating group) is 1. The van der Waals surface area contributed by atoms with Crippen molar-refractivity contribution < 1.29 is 9.15 Å². The van der Waals surface area contributed by atoms with Gasteiger partial charge in [0.1, 0.15) is 5.76 Å². The lowest BCUT2D eigenvalue weighted by Gasteiger charge is -2.25. The summed E-state index contributed by atoms with van der Waals surface area (Å²) >= 11 is 1.70. The first-order chi connectivity index (χ1) is 12.7. The molecular weight excluding hydrogens is 348 g/mol. The van der Waals surface area contributed by atoms with Crippen LogP contribution in [-0.4, -0.2) is 55.2 Å². The molecule has 0 amide bonds. The van der Waals surface area contributed by atoms with Crippen molar-refractivity contribution in [3.05, 3.63) is 40.7 Å². The fraction of sp³-hybridized carbons (Fsp3) is 0.579. The van der Waals surface area contributed by atoms with Crippen molar-refractivity contribution in [3.63, 3.8) is 0 Å². The van der Waals surface area contributed by atoms with Gasteiger partial charge in [0.05, 0.1) is 23.9 Å². The third-order valence-electron chi connectivity index (χ3n) is 4.49. The lowest BCUT2D eigenvalue weighted by atomic mass is 10.2. The van der Waals surface area contributed by atoms with Crippen LogP contribution in [0.3, 0.4) is 0 Å². The maximum absolute atomic E-state index is 5.71. The molecule has 1 fully saturated rings. The van der Waals surface area contributed by atoms with Crippen molar-refractivity contribution in [2.45, 2.75) is 38.2 Å². The number of aromatic nitrogens is 1. The zero-order valence-corrected chi connectivity index (χ0v) is 16.4. The molecule has 2 atom stereocenters. The second-order valence-electron chi connectivity index (χ2n) is 6.71. The number of rotatable bonds is 8. The van der Waals surface area contributed by atoms with Crippen LogP contribution in [0.2, 0.25) is 0 Å². The molecule has 6 nitrogen and oxygen atoms in total. The minimum Gasteiger partial charge on any atom is -0.469 e. The van der Waals surface area contributed by atoms with Gasteiger partial charge >= 0.3 is 0 Å². The first-order valence-electron chi connectivity index (χ1n) is 9.25. The van der Waals surface area contributed by atoms with Gasteiger partial charge in [0.2, 0.25) is 0 Å². The highest BCUT2D eigenvalue weighted by Gasteiger charge is 2.17. The van der Waals surface area contributed by atoms with Gasteiger partial charge in [-0.2, -0.15) is 0 Å². The Hall–Kier alpha value is -1.86. The maximum Gasteiger partial charge on any atom is 0.193 e. The van der Waals surface area contributed by atoms with Crippen LogP contribution in [0.15, 0.2) is 39.4 Å². The first-order valence-corrected chi connectivity index (χ1v) is 10.1. The zero-order chi connectivity index (χ0) is 18.2. The second kappa shape index (κ2) is 9.73. The van der Waals surface area contributed by atoms with E-state index >= 15 is 0 Å². The zero-order valence-electron chi connectivity index (χ0n) is 15.6. The van der Waals surface area contributed by atoms with Crippen LogP contribution >= 0.6 is 11.3 Å². The van der Waals surface area contributed by atoms with E-state index in [1.54, 1.807) is 17.6 Å². The Labute approximate surface area is 159 Å². The number of furan rings is 1. The Morgan fingerprint density at radius 3 is 3.15 bits per heavy atom. The van der Waals surface area contributed by atoms with E-state index in [9.17, 15) is 0 Å². The Balaban J connectivity index is 1.57. The summed E-state index contributed by atoms with van der Waals surface area (Å²) < 4.78 is 11.1. The van der Waals surface area contributed by atoms with Crippen LogP contribution in [0.4, 0.5) is 0 Å². The molecule has 2 aromatic rings. The number of aliphatic imine (C=N–C) groups is 1. The van der Waals surface area contributed by atoms with Crippen LogP contribution < -0.4 is 5.32 Å². The summed E-state index contributed by atoms with van der Waals surface area (Å²) in [5.41, 5.74) is 0. The van der Waals surface area contributed by atoms with Gasteiger partial charge in [0, 0.05) is 50.7 Å². The molecule has 3 heterocycles. The fourth-order valence-electron chi connectivity index (χ4n) is 3.09. The predicted octanol–water partition coefficient (Wildman–Crippen LogP) is 3.14. The molecule has 1 aliphatic heterocycles. The SMILES string of the molecule is CC(CN(C)C(=NCC1CCCO1)NCCc1ccco1)c1nccs1. The van der Waals surface area contributed by atoms with Crippen LogP contribution in [0.1, 0.15) is 36.5 Å². The van der Waals surface area contributed by atoms with E-state index in [4.69, 9.17) is 14.1 Å². The summed E-state index contributed by atoms with van der Waals surface area (Å²) in [5, 5.41) is 6.66. The van der Waals surface area contributed by atoms with E-state index in [-0.39, 0.29) is 6.10 Å². The van der Waals surface area contributed by atoms with E-state index < -0.39 is 0 Å². The minimum absolute atomic E-state index is 0.252. The van der Waals surface area contributed by atoms with Crippen molar-refractivity contribution in [3.8, 4) is 0 Å². The van der Waals surface area contributed by atoms with E-state index in [1.165, 1.54) is 0 Å². The number of ether oxygens (including phenoxy) is 1. The van der Waals surface area contributed by atoms with E-state index in [1.807, 2.05) is 23.7 Å². The molecule has 1 aliphatic rings. The number of thiazole rings is 1. The fourth-order valence-corrected chi connectivity index (χ4v) is 3.78. The van der Waals surface area contributed by atoms with Gasteiger partial charge < -0.3 is 19.4 Å². The molecular formula is C19H28N4O2S. The molecule has 2 aromatic heterocycles. The van der Waals surface area contributed by atoms with Crippen molar-refractivity contribution in [2.75, 3.05) is 33.3 Å². The molecule has 0 bridgehead atoms. The molecule has 1 saturated heterocycles. The standard InChI is InChI=1S/C19H28N4O2S/c1-15(18-20-9-12-26-18)14-23(2)19(22-13-17-6-4-11-25-17)21-8-7-16-5-3-10-24-16/h3,5,9-10,12,15,17H,4,6-8,11,13-14H2,1-2H3,(H,21,22). The normalized spacial score (nSPS) is 18.8. The van der Waals surface area contributed by atoms with Crippen LogP contribution in [0.25, 0.3) is 0 Å². The smallest absolute Gasteiger partial charge is 0.193 e. The third-order valence-corrected chi connectivity index (χ3v) is 5.49. The van der Waals surface area contributed by atoms with Gasteiger partial charge in [-0.15, -0.1) is 11.3 Å². The lowest BCUT2D eigenvalue weighted by Crippen LogP contribution is -2.42. The molecule has 2 unspecified atom stereocenters. The van der Waals surface area contributed by atoms with Gasteiger partial charge in [-0.3, -0.25) is 4.99 Å². The molecule has 7 heteroatoms. The average molecular weight is 377 g/mol. The summed E-state index contributed by atoms with van der Waals surface area (Å²) in [4.78, 5) is 11.4. The summed E-state index contributed by atoms with van der Waals surface area (Å²) in [5.74, 6) is 2.25. The number of hydrogen-bond acceptors (Lipinski definition) is 5. The van der Waals surface area contributed by atoms with E-state index in [0.717, 1.165) is 55.7 Å². The Bertz CT molecular complexity index is 651. The molecule has 3 rings (SSSR count). The largest absolute Gasteiger partial charge is 0.469 e. The average Bonchev–Trinajstić information content (AvgIpc) is 3.41. The van der Waals surface area contributed by atoms with Crippen LogP contribution in [-0.2, 0) is 11.2 Å². The number of guanidine groups is 1. The van der Waals surface area contributed by atoms with Gasteiger partial charge in [0.25, 0.3) is 0 Å². The summed E-state index contributed by atoms with van der Waals surface area (Å²) in [6.45, 7) is 5.42. The summed E-state index contributed by atoms with van der Waals surface area (Å²) in [6, 6.07) is 3.92. The topological polar surface area (TPSA) is 62.9 Å². The van der Waals surface area contributed by atoms with Gasteiger partial charge in [-0.25, -0.2) is 4.98 Å². The van der Waals surface area contributed by atoms with E-state index in [2.05, 4.69) is 29.2 Å². The van der Waals surface area contributed by atoms with Crippen molar-refractivity contribution in [1.29, 1.82) is 0 Å². The van der Waals surface area contributed by atoms with Crippen LogP contribution in [0, 0.1) is 0 Å². The molecule has 0 saturated carbocycles. The monoisotopic (exact) mass is 376 g/mol. The Morgan fingerprint density at radius 2 is 2.46 bits per heavy atom. The Morgan fingerprint density at radius 1 is 1.54 bits per heavy atom. The molecule has 142 valence electrons. The number of hydrogen-bond donors (Lipinski definition) is 1. The second-order valence-corrected chi connectivity index (χ2v) is 7.63. The Kier molecular flexibility index (Phi) is 7.08. The lowest BCUT2D eigenvalue weighted by molar-refractivity contribution is 0.117. The maximum atomic E-state index is 5.71. The van der Waals surface area contributed by atoms with Crippen molar-refractivity contribution >= 4 is 17.3 Å². The third kappa shape index (κ3) is 5.57. The number of nitrogens with one attached hydrogen (secondary N) is 1. The highest BCUT2D eigenvalue weighted by atomic mass is 32.1. The highest BCUT2D eigenvalue weighted by molar-refractivity contribution is 7.09. The van der Waals surface area contributed by atoms with Gasteiger partial charge in [-0.05, 0) is 25.0 Å². The molecule has 0 spiro atoms. The van der Waals surface area contributed by atoms with Gasteiger partial charge in [0.15, 0.2) is 5.96 Å². The first kappa shape index (κ1) is 18.9. The molecule has 1 N–H and O–H groups in total. The number of nitrogens with zero attached hydrogens (tertiary/aromatic N) is 3. The molecule has 0 aromatic carbocycles. The van der Waals surface area contributed by atoms with Crippen LogP contribution in [0.5, 0.6) is 0 Å². The summed E-state index contributed by atoms with van der Waals surface area (Å²) in [6.07, 6.45) is 6.90. The van der Waals surface area contributed by atoms with Gasteiger partial charge in [-0.1, -0.05) is 6.92 Å². The van der Waals surface area contributed by atoms with E-state index in [0.29, 0.717) is 12.5 Å².